The molecule has 0 unspecified atom stereocenters. The first-order valence-electron chi connectivity index (χ1n) is 4.95. The van der Waals surface area contributed by atoms with E-state index in [-0.39, 0.29) is 12.5 Å². The molecule has 0 saturated carbocycles. The van der Waals surface area contributed by atoms with Crippen molar-refractivity contribution in [2.45, 2.75) is 6.54 Å². The van der Waals surface area contributed by atoms with Gasteiger partial charge in [0.15, 0.2) is 5.69 Å². The van der Waals surface area contributed by atoms with Crippen LogP contribution in [0.5, 0.6) is 0 Å². The summed E-state index contributed by atoms with van der Waals surface area (Å²) in [6.45, 7) is 0.170. The summed E-state index contributed by atoms with van der Waals surface area (Å²) in [5.74, 6) is 0.0612. The van der Waals surface area contributed by atoms with Crippen LogP contribution in [0, 0.1) is 0 Å². The Labute approximate surface area is 115 Å². The van der Waals surface area contributed by atoms with Gasteiger partial charge in [0.2, 0.25) is 5.89 Å². The third kappa shape index (κ3) is 2.85. The molecular weight excluding hydrogens is 322 g/mol. The van der Waals surface area contributed by atoms with E-state index in [0.29, 0.717) is 22.1 Å². The summed E-state index contributed by atoms with van der Waals surface area (Å²) >= 11 is 4.45. The first-order chi connectivity index (χ1) is 8.58. The van der Waals surface area contributed by atoms with E-state index in [2.05, 4.69) is 35.8 Å². The van der Waals surface area contributed by atoms with E-state index in [1.165, 1.54) is 11.5 Å². The van der Waals surface area contributed by atoms with E-state index in [4.69, 9.17) is 4.42 Å². The third-order valence-corrected chi connectivity index (χ3v) is 3.52. The average Bonchev–Trinajstić information content (AvgIpc) is 2.94. The largest absolute Gasteiger partial charge is 0.406 e. The lowest BCUT2D eigenvalue weighted by atomic mass is 10.4. The van der Waals surface area contributed by atoms with E-state index in [9.17, 15) is 4.79 Å². The number of amides is 1. The maximum absolute atomic E-state index is 11.7. The summed E-state index contributed by atoms with van der Waals surface area (Å²) in [7, 11) is 3.59. The number of carbonyl (C=O) groups is 1. The predicted molar refractivity (Wildman–Crippen MR) is 69.6 cm³/mol. The van der Waals surface area contributed by atoms with Crippen LogP contribution >= 0.6 is 27.5 Å². The molecule has 0 atom stereocenters. The lowest BCUT2D eigenvalue weighted by Crippen LogP contribution is -2.23. The zero-order chi connectivity index (χ0) is 13.1. The first kappa shape index (κ1) is 13.0. The molecule has 0 fully saturated rings. The van der Waals surface area contributed by atoms with Gasteiger partial charge in [0.05, 0.1) is 11.0 Å². The number of halogens is 1. The SMILES string of the molecule is CN(C)c1nnc(CNC(=O)c2nscc2Br)o1. The van der Waals surface area contributed by atoms with E-state index in [0.717, 1.165) is 0 Å². The Balaban J connectivity index is 1.95. The summed E-state index contributed by atoms with van der Waals surface area (Å²) < 4.78 is 9.94. The summed E-state index contributed by atoms with van der Waals surface area (Å²) in [4.78, 5) is 13.4. The second-order valence-electron chi connectivity index (χ2n) is 3.57. The lowest BCUT2D eigenvalue weighted by Gasteiger charge is -2.03. The lowest BCUT2D eigenvalue weighted by molar-refractivity contribution is 0.0942. The van der Waals surface area contributed by atoms with Crippen molar-refractivity contribution in [2.75, 3.05) is 19.0 Å². The Morgan fingerprint density at radius 3 is 2.89 bits per heavy atom. The van der Waals surface area contributed by atoms with E-state index in [1.54, 1.807) is 24.4 Å². The van der Waals surface area contributed by atoms with Gasteiger partial charge in [-0.3, -0.25) is 4.79 Å². The molecule has 0 aliphatic carbocycles. The topological polar surface area (TPSA) is 84.2 Å². The minimum absolute atomic E-state index is 0.170. The van der Waals surface area contributed by atoms with Crippen molar-refractivity contribution in [3.05, 3.63) is 21.4 Å². The molecule has 96 valence electrons. The van der Waals surface area contributed by atoms with Crippen molar-refractivity contribution in [1.82, 2.24) is 19.9 Å². The van der Waals surface area contributed by atoms with Crippen molar-refractivity contribution >= 4 is 39.4 Å². The molecule has 7 nitrogen and oxygen atoms in total. The van der Waals surface area contributed by atoms with Gasteiger partial charge in [0.1, 0.15) is 0 Å². The summed E-state index contributed by atoms with van der Waals surface area (Å²) in [6.07, 6.45) is 0. The summed E-state index contributed by atoms with van der Waals surface area (Å²) in [6, 6.07) is 0.397. The van der Waals surface area contributed by atoms with E-state index >= 15 is 0 Å². The van der Waals surface area contributed by atoms with Crippen LogP contribution in [0.4, 0.5) is 6.01 Å². The molecule has 2 heterocycles. The molecule has 1 amide bonds. The number of anilines is 1. The molecule has 0 saturated heterocycles. The second kappa shape index (κ2) is 5.44. The standard InChI is InChI=1S/C9H10BrN5O2S/c1-15(2)9-13-12-6(17-9)3-11-8(16)7-5(10)4-18-14-7/h4H,3H2,1-2H3,(H,11,16). The number of hydrogen-bond donors (Lipinski definition) is 1. The minimum Gasteiger partial charge on any atom is -0.406 e. The third-order valence-electron chi connectivity index (χ3n) is 1.98. The van der Waals surface area contributed by atoms with Gasteiger partial charge < -0.3 is 14.6 Å². The van der Waals surface area contributed by atoms with Crippen LogP contribution in [0.25, 0.3) is 0 Å². The quantitative estimate of drug-likeness (QED) is 0.908. The highest BCUT2D eigenvalue weighted by Crippen LogP contribution is 2.17. The molecule has 1 N–H and O–H groups in total. The number of aromatic nitrogens is 3. The van der Waals surface area contributed by atoms with Gasteiger partial charge in [-0.15, -0.1) is 5.10 Å². The molecule has 0 radical (unpaired) electrons. The molecule has 0 bridgehead atoms. The molecule has 2 aromatic heterocycles. The maximum atomic E-state index is 11.7. The summed E-state index contributed by atoms with van der Waals surface area (Å²) in [5, 5.41) is 12.0. The minimum atomic E-state index is -0.285. The highest BCUT2D eigenvalue weighted by molar-refractivity contribution is 9.10. The van der Waals surface area contributed by atoms with E-state index < -0.39 is 0 Å². The van der Waals surface area contributed by atoms with Crippen LogP contribution in [0.3, 0.4) is 0 Å². The van der Waals surface area contributed by atoms with Gasteiger partial charge in [-0.2, -0.15) is 4.37 Å². The Bertz CT molecular complexity index is 553. The molecule has 9 heteroatoms. The monoisotopic (exact) mass is 331 g/mol. The van der Waals surface area contributed by atoms with Crippen LogP contribution in [0.2, 0.25) is 0 Å². The van der Waals surface area contributed by atoms with Crippen LogP contribution in [-0.4, -0.2) is 34.6 Å². The maximum Gasteiger partial charge on any atom is 0.317 e. The highest BCUT2D eigenvalue weighted by atomic mass is 79.9. The zero-order valence-electron chi connectivity index (χ0n) is 9.68. The van der Waals surface area contributed by atoms with Crippen LogP contribution in [0.1, 0.15) is 16.4 Å². The first-order valence-corrected chi connectivity index (χ1v) is 6.58. The molecule has 0 aliphatic heterocycles. The van der Waals surface area contributed by atoms with Crippen molar-refractivity contribution in [3.63, 3.8) is 0 Å². The number of hydrogen-bond acceptors (Lipinski definition) is 7. The second-order valence-corrected chi connectivity index (χ2v) is 5.05. The fourth-order valence-electron chi connectivity index (χ4n) is 1.11. The smallest absolute Gasteiger partial charge is 0.317 e. The average molecular weight is 332 g/mol. The Hall–Kier alpha value is -1.48. The zero-order valence-corrected chi connectivity index (χ0v) is 12.1. The van der Waals surface area contributed by atoms with Gasteiger partial charge in [0, 0.05) is 19.5 Å². The van der Waals surface area contributed by atoms with Gasteiger partial charge >= 0.3 is 6.01 Å². The van der Waals surface area contributed by atoms with Crippen LogP contribution in [0.15, 0.2) is 14.3 Å². The molecule has 0 aliphatic rings. The van der Waals surface area contributed by atoms with Gasteiger partial charge in [-0.05, 0) is 27.5 Å². The number of nitrogens with zero attached hydrogens (tertiary/aromatic N) is 4. The molecule has 18 heavy (non-hydrogen) atoms. The Kier molecular flexibility index (Phi) is 3.92. The normalized spacial score (nSPS) is 10.4. The number of rotatable bonds is 4. The Morgan fingerprint density at radius 1 is 1.56 bits per heavy atom. The Morgan fingerprint density at radius 2 is 2.33 bits per heavy atom. The number of nitrogens with one attached hydrogen (secondary N) is 1. The van der Waals surface area contributed by atoms with Crippen molar-refractivity contribution in [2.24, 2.45) is 0 Å². The fraction of sp³-hybridized carbons (Fsp3) is 0.333. The molecule has 0 spiro atoms. The van der Waals surface area contributed by atoms with Crippen LogP contribution in [-0.2, 0) is 6.54 Å². The van der Waals surface area contributed by atoms with Crippen molar-refractivity contribution in [3.8, 4) is 0 Å². The van der Waals surface area contributed by atoms with Crippen molar-refractivity contribution in [1.29, 1.82) is 0 Å². The molecule has 2 rings (SSSR count). The van der Waals surface area contributed by atoms with Gasteiger partial charge in [-0.25, -0.2) is 0 Å². The predicted octanol–water partition coefficient (Wildman–Crippen LogP) is 1.28. The fourth-order valence-corrected chi connectivity index (χ4v) is 2.29. The highest BCUT2D eigenvalue weighted by Gasteiger charge is 2.14. The van der Waals surface area contributed by atoms with Crippen molar-refractivity contribution < 1.29 is 9.21 Å². The molecule has 2 aromatic rings. The van der Waals surface area contributed by atoms with Gasteiger partial charge in [0.25, 0.3) is 5.91 Å². The van der Waals surface area contributed by atoms with Crippen LogP contribution < -0.4 is 10.2 Å². The molecule has 0 aromatic carbocycles. The van der Waals surface area contributed by atoms with Gasteiger partial charge in [-0.1, -0.05) is 5.10 Å². The molecular formula is C9H10BrN5O2S. The van der Waals surface area contributed by atoms with E-state index in [1.807, 2.05) is 0 Å². The summed E-state index contributed by atoms with van der Waals surface area (Å²) in [5.41, 5.74) is 0.354. The number of carbonyl (C=O) groups excluding carboxylic acids is 1.